The fraction of sp³-hybridized carbons (Fsp3) is 0.391. The summed E-state index contributed by atoms with van der Waals surface area (Å²) in [7, 11) is 2.76. The number of aliphatic hydroxyl groups is 1. The number of aryl methyl sites for hydroxylation is 2. The van der Waals surface area contributed by atoms with E-state index >= 15 is 0 Å². The van der Waals surface area contributed by atoms with Crippen LogP contribution >= 0.6 is 0 Å². The molecule has 0 aliphatic heterocycles. The first-order valence-corrected chi connectivity index (χ1v) is 10.1. The lowest BCUT2D eigenvalue weighted by Gasteiger charge is -2.16. The molecule has 0 amide bonds. The summed E-state index contributed by atoms with van der Waals surface area (Å²) in [4.78, 5) is 22.8. The molecule has 0 saturated heterocycles. The van der Waals surface area contributed by atoms with E-state index in [-0.39, 0.29) is 73.0 Å². The SMILES string of the molecule is COc1cc(CCC(=O)O)cc(-c2cc(CCC(=O)OCCCO)cc(OC)c2O)c1O. The Morgan fingerprint density at radius 1 is 0.844 bits per heavy atom. The zero-order valence-electron chi connectivity index (χ0n) is 18.1. The first-order chi connectivity index (χ1) is 15.3. The van der Waals surface area contributed by atoms with Gasteiger partial charge in [-0.25, -0.2) is 0 Å². The normalized spacial score (nSPS) is 10.6. The van der Waals surface area contributed by atoms with Crippen molar-refractivity contribution in [2.75, 3.05) is 27.4 Å². The predicted molar refractivity (Wildman–Crippen MR) is 115 cm³/mol. The Bertz CT molecular complexity index is 953. The molecular weight excluding hydrogens is 420 g/mol. The number of aromatic hydroxyl groups is 2. The molecule has 4 N–H and O–H groups in total. The van der Waals surface area contributed by atoms with E-state index in [1.807, 2.05) is 0 Å². The maximum Gasteiger partial charge on any atom is 0.306 e. The van der Waals surface area contributed by atoms with Crippen LogP contribution in [-0.2, 0) is 27.2 Å². The molecule has 0 spiro atoms. The van der Waals surface area contributed by atoms with E-state index in [0.29, 0.717) is 17.5 Å². The van der Waals surface area contributed by atoms with Gasteiger partial charge < -0.3 is 34.6 Å². The van der Waals surface area contributed by atoms with E-state index < -0.39 is 11.9 Å². The molecule has 9 heteroatoms. The van der Waals surface area contributed by atoms with Crippen LogP contribution in [0, 0.1) is 0 Å². The highest BCUT2D eigenvalue weighted by Gasteiger charge is 2.20. The molecule has 174 valence electrons. The smallest absolute Gasteiger partial charge is 0.306 e. The van der Waals surface area contributed by atoms with E-state index in [0.717, 1.165) is 0 Å². The van der Waals surface area contributed by atoms with Gasteiger partial charge in [0.05, 0.1) is 20.8 Å². The molecular formula is C23H28O9. The monoisotopic (exact) mass is 448 g/mol. The number of carbonyl (C=O) groups excluding carboxylic acids is 1. The van der Waals surface area contributed by atoms with Crippen molar-refractivity contribution in [1.29, 1.82) is 0 Å². The summed E-state index contributed by atoms with van der Waals surface area (Å²) in [5.74, 6) is -1.53. The molecule has 0 heterocycles. The lowest BCUT2D eigenvalue weighted by Crippen LogP contribution is -2.08. The molecule has 0 aliphatic rings. The fourth-order valence-electron chi connectivity index (χ4n) is 3.16. The van der Waals surface area contributed by atoms with Crippen molar-refractivity contribution in [1.82, 2.24) is 0 Å². The minimum atomic E-state index is -0.962. The molecule has 0 aromatic heterocycles. The molecule has 9 nitrogen and oxygen atoms in total. The highest BCUT2D eigenvalue weighted by Crippen LogP contribution is 2.45. The van der Waals surface area contributed by atoms with Gasteiger partial charge in [0.25, 0.3) is 0 Å². The van der Waals surface area contributed by atoms with E-state index in [9.17, 15) is 19.8 Å². The highest BCUT2D eigenvalue weighted by molar-refractivity contribution is 5.81. The largest absolute Gasteiger partial charge is 0.504 e. The van der Waals surface area contributed by atoms with Crippen LogP contribution in [-0.4, -0.2) is 59.8 Å². The van der Waals surface area contributed by atoms with Crippen LogP contribution in [0.2, 0.25) is 0 Å². The number of carbonyl (C=O) groups is 2. The number of ether oxygens (including phenoxy) is 3. The Morgan fingerprint density at radius 3 is 1.78 bits per heavy atom. The quantitative estimate of drug-likeness (QED) is 0.285. The topological polar surface area (TPSA) is 143 Å². The van der Waals surface area contributed by atoms with Crippen LogP contribution in [0.3, 0.4) is 0 Å². The Morgan fingerprint density at radius 2 is 1.34 bits per heavy atom. The van der Waals surface area contributed by atoms with Gasteiger partial charge in [0.1, 0.15) is 0 Å². The van der Waals surface area contributed by atoms with Crippen LogP contribution in [0.4, 0.5) is 0 Å². The summed E-state index contributed by atoms with van der Waals surface area (Å²) in [5.41, 5.74) is 1.75. The van der Waals surface area contributed by atoms with Crippen molar-refractivity contribution in [3.8, 4) is 34.1 Å². The first kappa shape index (κ1) is 24.8. The number of esters is 1. The average Bonchev–Trinajstić information content (AvgIpc) is 2.77. The van der Waals surface area contributed by atoms with Crippen molar-refractivity contribution >= 4 is 11.9 Å². The lowest BCUT2D eigenvalue weighted by molar-refractivity contribution is -0.144. The lowest BCUT2D eigenvalue weighted by atomic mass is 9.95. The number of rotatable bonds is 12. The summed E-state index contributed by atoms with van der Waals surface area (Å²) in [5, 5.41) is 39.1. The van der Waals surface area contributed by atoms with Crippen LogP contribution in [0.1, 0.15) is 30.4 Å². The van der Waals surface area contributed by atoms with Gasteiger partial charge in [0, 0.05) is 37.0 Å². The van der Waals surface area contributed by atoms with E-state index in [1.54, 1.807) is 24.3 Å². The van der Waals surface area contributed by atoms with Gasteiger partial charge in [-0.1, -0.05) is 0 Å². The number of hydrogen-bond acceptors (Lipinski definition) is 8. The van der Waals surface area contributed by atoms with Crippen molar-refractivity contribution in [2.24, 2.45) is 0 Å². The molecule has 0 aliphatic carbocycles. The van der Waals surface area contributed by atoms with Crippen molar-refractivity contribution in [2.45, 2.75) is 32.1 Å². The van der Waals surface area contributed by atoms with Crippen LogP contribution in [0.15, 0.2) is 24.3 Å². The molecule has 2 aromatic rings. The number of aliphatic carboxylic acids is 1. The third-order valence-electron chi connectivity index (χ3n) is 4.81. The molecule has 32 heavy (non-hydrogen) atoms. The number of methoxy groups -OCH3 is 2. The number of carboxylic acid groups (broad SMARTS) is 1. The van der Waals surface area contributed by atoms with Gasteiger partial charge in [-0.05, 0) is 48.2 Å². The fourth-order valence-corrected chi connectivity index (χ4v) is 3.16. The van der Waals surface area contributed by atoms with E-state index in [4.69, 9.17) is 24.4 Å². The molecule has 0 unspecified atom stereocenters. The zero-order valence-corrected chi connectivity index (χ0v) is 18.1. The van der Waals surface area contributed by atoms with Gasteiger partial charge in [-0.2, -0.15) is 0 Å². The second kappa shape index (κ2) is 11.8. The van der Waals surface area contributed by atoms with Crippen LogP contribution in [0.5, 0.6) is 23.0 Å². The molecule has 0 atom stereocenters. The van der Waals surface area contributed by atoms with Gasteiger partial charge in [0.2, 0.25) is 0 Å². The highest BCUT2D eigenvalue weighted by atomic mass is 16.5. The Hall–Kier alpha value is -3.46. The molecule has 0 fully saturated rings. The number of aliphatic hydroxyl groups excluding tert-OH is 1. The van der Waals surface area contributed by atoms with Gasteiger partial charge in [-0.3, -0.25) is 9.59 Å². The summed E-state index contributed by atoms with van der Waals surface area (Å²) in [6.45, 7) is 0.0700. The van der Waals surface area contributed by atoms with E-state index in [2.05, 4.69) is 0 Å². The number of carboxylic acids is 1. The molecule has 2 aromatic carbocycles. The molecule has 0 bridgehead atoms. The summed E-state index contributed by atoms with van der Waals surface area (Å²) in [6, 6.07) is 6.33. The average molecular weight is 448 g/mol. The van der Waals surface area contributed by atoms with Crippen LogP contribution in [0.25, 0.3) is 11.1 Å². The molecule has 0 saturated carbocycles. The number of benzene rings is 2. The summed E-state index contributed by atoms with van der Waals surface area (Å²) < 4.78 is 15.5. The van der Waals surface area contributed by atoms with Gasteiger partial charge in [0.15, 0.2) is 23.0 Å². The first-order valence-electron chi connectivity index (χ1n) is 10.1. The number of phenolic OH excluding ortho intramolecular Hbond substituents is 2. The van der Waals surface area contributed by atoms with Gasteiger partial charge in [-0.15, -0.1) is 0 Å². The Labute approximate surface area is 185 Å². The van der Waals surface area contributed by atoms with E-state index in [1.165, 1.54) is 14.2 Å². The number of hydrogen-bond donors (Lipinski definition) is 4. The van der Waals surface area contributed by atoms with Crippen molar-refractivity contribution in [3.05, 3.63) is 35.4 Å². The van der Waals surface area contributed by atoms with Crippen LogP contribution < -0.4 is 9.47 Å². The second-order valence-electron chi connectivity index (χ2n) is 7.08. The third-order valence-corrected chi connectivity index (χ3v) is 4.81. The minimum Gasteiger partial charge on any atom is -0.504 e. The third kappa shape index (κ3) is 6.52. The predicted octanol–water partition coefficient (Wildman–Crippen LogP) is 2.66. The standard InChI is InChI=1S/C23H28O9/c1-30-18-12-14(4-6-20(25)26)10-16(22(18)28)17-11-15(13-19(31-2)23(17)29)5-7-21(27)32-9-3-8-24/h10-13,24,28-29H,3-9H2,1-2H3,(H,25,26). The Balaban J connectivity index is 2.41. The van der Waals surface area contributed by atoms with Crippen molar-refractivity contribution < 1.29 is 44.2 Å². The number of phenols is 2. The van der Waals surface area contributed by atoms with Gasteiger partial charge >= 0.3 is 11.9 Å². The summed E-state index contributed by atoms with van der Waals surface area (Å²) >= 11 is 0. The maximum atomic E-state index is 11.9. The second-order valence-corrected chi connectivity index (χ2v) is 7.08. The summed E-state index contributed by atoms with van der Waals surface area (Å²) in [6.07, 6.45) is 0.824. The molecule has 2 rings (SSSR count). The molecule has 0 radical (unpaired) electrons. The Kier molecular flexibility index (Phi) is 9.15. The minimum absolute atomic E-state index is 0.0652. The van der Waals surface area contributed by atoms with Crippen molar-refractivity contribution in [3.63, 3.8) is 0 Å². The zero-order chi connectivity index (χ0) is 23.7. The maximum absolute atomic E-state index is 11.9.